The summed E-state index contributed by atoms with van der Waals surface area (Å²) in [6, 6.07) is 129. The molecule has 19 aromatic rings. The van der Waals surface area contributed by atoms with E-state index < -0.39 is 0 Å². The van der Waals surface area contributed by atoms with E-state index in [1.165, 1.54) is 116 Å². The largest absolute Gasteiger partial charge is 0.309 e. The number of para-hydroxylation sites is 2. The Balaban J connectivity index is 0.000000145. The Kier molecular flexibility index (Phi) is 15.7. The van der Waals surface area contributed by atoms with Crippen molar-refractivity contribution in [3.63, 3.8) is 0 Å². The van der Waals surface area contributed by atoms with Gasteiger partial charge < -0.3 is 9.13 Å². The topological polar surface area (TPSA) is 87.2 Å². The van der Waals surface area contributed by atoms with Gasteiger partial charge in [-0.25, -0.2) is 29.9 Å². The summed E-state index contributed by atoms with van der Waals surface area (Å²) < 4.78 is 4.70. The van der Waals surface area contributed by atoms with Gasteiger partial charge in [-0.2, -0.15) is 0 Å². The van der Waals surface area contributed by atoms with Crippen molar-refractivity contribution < 1.29 is 0 Å². The first kappa shape index (κ1) is 65.4. The minimum absolute atomic E-state index is 0.0807. The lowest BCUT2D eigenvalue weighted by atomic mass is 9.82. The Bertz CT molecular complexity index is 6780. The van der Waals surface area contributed by atoms with Gasteiger partial charge in [-0.05, 0) is 175 Å². The molecular formula is C102H72N8. The number of fused-ring (bicyclic) bond motifs is 12. The second-order valence-corrected chi connectivity index (χ2v) is 29.8. The summed E-state index contributed by atoms with van der Waals surface area (Å²) in [5.74, 6) is 3.89. The van der Waals surface area contributed by atoms with Crippen molar-refractivity contribution in [1.29, 1.82) is 0 Å². The maximum absolute atomic E-state index is 5.18. The van der Waals surface area contributed by atoms with Crippen LogP contribution in [0.1, 0.15) is 49.9 Å². The normalized spacial score (nSPS) is 12.9. The lowest BCUT2D eigenvalue weighted by Crippen LogP contribution is -2.15. The third-order valence-corrected chi connectivity index (χ3v) is 22.6. The molecule has 8 heteroatoms. The molecule has 0 unspecified atom stereocenters. The van der Waals surface area contributed by atoms with Gasteiger partial charge >= 0.3 is 0 Å². The Morgan fingerprint density at radius 1 is 0.182 bits per heavy atom. The molecule has 0 amide bonds. The Morgan fingerprint density at radius 3 is 0.927 bits per heavy atom. The molecule has 0 N–H and O–H groups in total. The fourth-order valence-electron chi connectivity index (χ4n) is 16.9. The van der Waals surface area contributed by atoms with E-state index >= 15 is 0 Å². The molecule has 0 aliphatic heterocycles. The lowest BCUT2D eigenvalue weighted by Gasteiger charge is -2.21. The number of benzene rings is 15. The number of rotatable bonds is 11. The highest BCUT2D eigenvalue weighted by Crippen LogP contribution is 2.52. The molecule has 8 nitrogen and oxygen atoms in total. The van der Waals surface area contributed by atoms with Crippen LogP contribution in [0.4, 0.5) is 0 Å². The zero-order valence-corrected chi connectivity index (χ0v) is 61.2. The first-order chi connectivity index (χ1) is 54.0. The van der Waals surface area contributed by atoms with Crippen LogP contribution in [0.5, 0.6) is 0 Å². The van der Waals surface area contributed by atoms with Crippen LogP contribution in [0.15, 0.2) is 364 Å². The maximum Gasteiger partial charge on any atom is 0.164 e. The minimum Gasteiger partial charge on any atom is -0.309 e. The third kappa shape index (κ3) is 11.3. The fourth-order valence-corrected chi connectivity index (χ4v) is 16.9. The van der Waals surface area contributed by atoms with E-state index in [0.717, 1.165) is 50.3 Å². The van der Waals surface area contributed by atoms with Crippen molar-refractivity contribution in [2.24, 2.45) is 0 Å². The SMILES string of the molecule is CC1(C)c2ccccc2-c2cc(-c3nc(-c4ccc(-c5ccccc5)cc4)nc(-c4ccc(-n5c6ccccc6c6cc(-c7ccccc7)ccc65)cc4)n3)ccc21.CC1(C)c2ccccc2-c2ccc(-c3nc(-c4ccccc4)nc(-c4ccc(-n5c6ccccc6c6cc(-c7ccccc7)ccc65)cc4)n3)cc21. The summed E-state index contributed by atoms with van der Waals surface area (Å²) in [5.41, 5.74) is 29.9. The van der Waals surface area contributed by atoms with Gasteiger partial charge in [-0.3, -0.25) is 0 Å². The van der Waals surface area contributed by atoms with Crippen molar-refractivity contribution in [3.8, 4) is 135 Å². The van der Waals surface area contributed by atoms with Gasteiger partial charge in [-0.15, -0.1) is 0 Å². The molecule has 0 atom stereocenters. The van der Waals surface area contributed by atoms with Crippen molar-refractivity contribution in [3.05, 3.63) is 386 Å². The van der Waals surface area contributed by atoms with Crippen LogP contribution >= 0.6 is 0 Å². The number of hydrogen-bond acceptors (Lipinski definition) is 6. The van der Waals surface area contributed by atoms with Crippen LogP contribution in [0, 0.1) is 0 Å². The highest BCUT2D eigenvalue weighted by Gasteiger charge is 2.37. The maximum atomic E-state index is 5.18. The van der Waals surface area contributed by atoms with Gasteiger partial charge in [-0.1, -0.05) is 295 Å². The van der Waals surface area contributed by atoms with E-state index in [0.29, 0.717) is 34.9 Å². The van der Waals surface area contributed by atoms with Gasteiger partial charge in [0, 0.05) is 77.1 Å². The molecule has 0 bridgehead atoms. The molecule has 520 valence electrons. The predicted molar refractivity (Wildman–Crippen MR) is 452 cm³/mol. The van der Waals surface area contributed by atoms with Crippen LogP contribution in [-0.2, 0) is 10.8 Å². The highest BCUT2D eigenvalue weighted by molar-refractivity contribution is 6.12. The van der Waals surface area contributed by atoms with Crippen LogP contribution in [0.2, 0.25) is 0 Å². The van der Waals surface area contributed by atoms with Gasteiger partial charge in [0.1, 0.15) is 0 Å². The van der Waals surface area contributed by atoms with Gasteiger partial charge in [0.05, 0.1) is 22.1 Å². The fraction of sp³-hybridized carbons (Fsp3) is 0.0588. The van der Waals surface area contributed by atoms with Crippen LogP contribution in [-0.4, -0.2) is 39.0 Å². The molecular weight excluding hydrogens is 1340 g/mol. The molecule has 4 heterocycles. The second kappa shape index (κ2) is 26.4. The van der Waals surface area contributed by atoms with E-state index in [1.807, 2.05) is 24.3 Å². The number of aromatic nitrogens is 8. The summed E-state index contributed by atoms with van der Waals surface area (Å²) in [6.45, 7) is 9.22. The van der Waals surface area contributed by atoms with E-state index in [2.05, 4.69) is 377 Å². The van der Waals surface area contributed by atoms with E-state index in [-0.39, 0.29) is 10.8 Å². The first-order valence-corrected chi connectivity index (χ1v) is 37.6. The number of nitrogens with zero attached hydrogens (tertiary/aromatic N) is 8. The highest BCUT2D eigenvalue weighted by atomic mass is 15.0. The smallest absolute Gasteiger partial charge is 0.164 e. The summed E-state index contributed by atoms with van der Waals surface area (Å²) >= 11 is 0. The molecule has 0 saturated carbocycles. The quantitative estimate of drug-likeness (QED) is 0.128. The standard InChI is InChI=1S/C54H38N4.C48H34N4/c1-54(2)47-19-11-9-17-43(47)45-34-41(27-31-48(45)54)53-56-51(38-23-21-37(22-24-38)35-13-5-3-6-14-35)55-52(57-53)39-25-29-42(30-26-39)58-49-20-12-10-18-44(49)46-33-40(28-32-50(46)58)36-15-7-4-8-16-36;1-48(2)41-19-11-9-17-37(41)38-27-23-35(30-42(38)48)47-50-45(32-15-7-4-8-16-32)49-46(51-47)33-21-25-36(26-22-33)52-43-20-12-10-18-39(43)40-29-34(24-28-44(40)52)31-13-5-3-6-14-31/h3-34H,1-2H3;3-30H,1-2H3. The average molecular weight is 1410 g/mol. The predicted octanol–water partition coefficient (Wildman–Crippen LogP) is 25.6. The molecule has 15 aromatic carbocycles. The molecule has 0 spiro atoms. The summed E-state index contributed by atoms with van der Waals surface area (Å²) in [4.78, 5) is 30.7. The van der Waals surface area contributed by atoms with E-state index in [4.69, 9.17) is 29.9 Å². The monoisotopic (exact) mass is 1410 g/mol. The van der Waals surface area contributed by atoms with E-state index in [9.17, 15) is 0 Å². The second-order valence-electron chi connectivity index (χ2n) is 29.8. The zero-order valence-electron chi connectivity index (χ0n) is 61.2. The van der Waals surface area contributed by atoms with Gasteiger partial charge in [0.2, 0.25) is 0 Å². The average Bonchev–Trinajstić information content (AvgIpc) is 1.60. The Labute approximate surface area is 638 Å². The van der Waals surface area contributed by atoms with Gasteiger partial charge in [0.25, 0.3) is 0 Å². The lowest BCUT2D eigenvalue weighted by molar-refractivity contribution is 0.660. The Hall–Kier alpha value is -14.1. The minimum atomic E-state index is -0.119. The third-order valence-electron chi connectivity index (χ3n) is 22.6. The summed E-state index contributed by atoms with van der Waals surface area (Å²) in [6.07, 6.45) is 0. The molecule has 2 aliphatic rings. The molecule has 21 rings (SSSR count). The molecule has 2 aliphatic carbocycles. The van der Waals surface area contributed by atoms with E-state index in [1.54, 1.807) is 0 Å². The van der Waals surface area contributed by atoms with Gasteiger partial charge in [0.15, 0.2) is 34.9 Å². The van der Waals surface area contributed by atoms with Crippen molar-refractivity contribution >= 4 is 43.6 Å². The Morgan fingerprint density at radius 2 is 0.464 bits per heavy atom. The van der Waals surface area contributed by atoms with Crippen LogP contribution in [0.3, 0.4) is 0 Å². The van der Waals surface area contributed by atoms with Crippen LogP contribution < -0.4 is 0 Å². The first-order valence-electron chi connectivity index (χ1n) is 37.6. The van der Waals surface area contributed by atoms with Crippen molar-refractivity contribution in [2.45, 2.75) is 38.5 Å². The number of hydrogen-bond donors (Lipinski definition) is 0. The molecule has 0 saturated heterocycles. The molecule has 4 aromatic heterocycles. The zero-order chi connectivity index (χ0) is 73.6. The van der Waals surface area contributed by atoms with Crippen molar-refractivity contribution in [1.82, 2.24) is 39.0 Å². The molecule has 0 radical (unpaired) electrons. The molecule has 110 heavy (non-hydrogen) atoms. The summed E-state index contributed by atoms with van der Waals surface area (Å²) in [7, 11) is 0. The summed E-state index contributed by atoms with van der Waals surface area (Å²) in [5, 5.41) is 4.92. The van der Waals surface area contributed by atoms with Crippen LogP contribution in [0.25, 0.3) is 179 Å². The van der Waals surface area contributed by atoms with Crippen molar-refractivity contribution in [2.75, 3.05) is 0 Å². The molecule has 0 fully saturated rings.